The highest BCUT2D eigenvalue weighted by Crippen LogP contribution is 2.27. The van der Waals surface area contributed by atoms with Gasteiger partial charge in [-0.1, -0.05) is 17.7 Å². The normalized spacial score (nSPS) is 11.2. The summed E-state index contributed by atoms with van der Waals surface area (Å²) in [5.41, 5.74) is 2.58. The lowest BCUT2D eigenvalue weighted by Gasteiger charge is -1.98. The van der Waals surface area contributed by atoms with Gasteiger partial charge in [0, 0.05) is 11.6 Å². The van der Waals surface area contributed by atoms with Crippen molar-refractivity contribution in [3.8, 4) is 0 Å². The monoisotopic (exact) mass is 203 g/mol. The molecule has 0 amide bonds. The lowest BCUT2D eigenvalue weighted by atomic mass is 10.2. The molecule has 4 heteroatoms. The molecule has 2 heterocycles. The third-order valence-corrected chi connectivity index (χ3v) is 2.51. The average molecular weight is 204 g/mol. The fraction of sp³-hybridized carbons (Fsp3) is 0. The number of pyridine rings is 1. The van der Waals surface area contributed by atoms with E-state index in [0.29, 0.717) is 5.02 Å². The molecule has 3 rings (SSSR count). The number of nitrogens with zero attached hydrogens (tertiary/aromatic N) is 2. The predicted octanol–water partition coefficient (Wildman–Crippen LogP) is 2.76. The van der Waals surface area contributed by atoms with Crippen LogP contribution >= 0.6 is 11.6 Å². The summed E-state index contributed by atoms with van der Waals surface area (Å²) in [4.78, 5) is 11.5. The molecule has 0 aliphatic carbocycles. The van der Waals surface area contributed by atoms with Gasteiger partial charge >= 0.3 is 0 Å². The minimum Gasteiger partial charge on any atom is -0.343 e. The van der Waals surface area contributed by atoms with Crippen LogP contribution in [-0.4, -0.2) is 15.0 Å². The standard InChI is InChI=1S/C10H6ClN3/c11-7-4-6-2-1-3-12-8(6)10-9(7)13-5-14-10/h1-5H,(H,13,14). The summed E-state index contributed by atoms with van der Waals surface area (Å²) in [7, 11) is 0. The first-order valence-electron chi connectivity index (χ1n) is 4.22. The molecule has 0 spiro atoms. The molecule has 0 atom stereocenters. The third-order valence-electron chi connectivity index (χ3n) is 2.22. The summed E-state index contributed by atoms with van der Waals surface area (Å²) in [6.07, 6.45) is 3.39. The Morgan fingerprint density at radius 1 is 1.21 bits per heavy atom. The largest absolute Gasteiger partial charge is 0.343 e. The summed E-state index contributed by atoms with van der Waals surface area (Å²) < 4.78 is 0. The van der Waals surface area contributed by atoms with E-state index in [1.165, 1.54) is 0 Å². The molecule has 2 aromatic heterocycles. The Labute approximate surface area is 84.7 Å². The number of aromatic amines is 1. The maximum atomic E-state index is 6.07. The number of H-pyrrole nitrogens is 1. The van der Waals surface area contributed by atoms with Crippen molar-refractivity contribution in [1.29, 1.82) is 0 Å². The predicted molar refractivity (Wildman–Crippen MR) is 56.4 cm³/mol. The molecular weight excluding hydrogens is 198 g/mol. The van der Waals surface area contributed by atoms with E-state index in [2.05, 4.69) is 15.0 Å². The summed E-state index contributed by atoms with van der Waals surface area (Å²) in [5.74, 6) is 0. The second-order valence-electron chi connectivity index (χ2n) is 3.06. The summed E-state index contributed by atoms with van der Waals surface area (Å²) in [6.45, 7) is 0. The van der Waals surface area contributed by atoms with Crippen molar-refractivity contribution >= 4 is 33.5 Å². The number of fused-ring (bicyclic) bond motifs is 3. The molecule has 0 saturated heterocycles. The SMILES string of the molecule is Clc1cc2cccnc2c2[nH]cnc12. The van der Waals surface area contributed by atoms with Crippen molar-refractivity contribution in [2.75, 3.05) is 0 Å². The zero-order valence-electron chi connectivity index (χ0n) is 7.16. The van der Waals surface area contributed by atoms with Crippen molar-refractivity contribution < 1.29 is 0 Å². The number of benzene rings is 1. The molecule has 0 bridgehead atoms. The zero-order valence-corrected chi connectivity index (χ0v) is 7.92. The lowest BCUT2D eigenvalue weighted by Crippen LogP contribution is -1.81. The number of halogens is 1. The number of nitrogens with one attached hydrogen (secondary N) is 1. The molecule has 68 valence electrons. The summed E-state index contributed by atoms with van der Waals surface area (Å²) >= 11 is 6.07. The molecule has 1 aromatic carbocycles. The Morgan fingerprint density at radius 3 is 3.07 bits per heavy atom. The maximum absolute atomic E-state index is 6.07. The number of hydrogen-bond acceptors (Lipinski definition) is 2. The van der Waals surface area contributed by atoms with Gasteiger partial charge in [-0.15, -0.1) is 0 Å². The highest BCUT2D eigenvalue weighted by atomic mass is 35.5. The molecule has 0 radical (unpaired) electrons. The van der Waals surface area contributed by atoms with Crippen LogP contribution in [0.15, 0.2) is 30.7 Å². The fourth-order valence-electron chi connectivity index (χ4n) is 1.60. The van der Waals surface area contributed by atoms with E-state index in [1.54, 1.807) is 12.5 Å². The van der Waals surface area contributed by atoms with E-state index in [1.807, 2.05) is 18.2 Å². The van der Waals surface area contributed by atoms with Gasteiger partial charge in [-0.2, -0.15) is 0 Å². The summed E-state index contributed by atoms with van der Waals surface area (Å²) in [6, 6.07) is 5.75. The number of rotatable bonds is 0. The second kappa shape index (κ2) is 2.69. The Hall–Kier alpha value is -1.61. The van der Waals surface area contributed by atoms with Crippen molar-refractivity contribution in [2.24, 2.45) is 0 Å². The second-order valence-corrected chi connectivity index (χ2v) is 3.47. The molecule has 0 fully saturated rings. The van der Waals surface area contributed by atoms with Gasteiger partial charge in [0.05, 0.1) is 22.4 Å². The van der Waals surface area contributed by atoms with Gasteiger partial charge in [0.25, 0.3) is 0 Å². The Balaban J connectivity index is 2.66. The minimum absolute atomic E-state index is 0.654. The van der Waals surface area contributed by atoms with Gasteiger partial charge in [-0.25, -0.2) is 4.98 Å². The number of imidazole rings is 1. The molecule has 0 saturated carbocycles. The van der Waals surface area contributed by atoms with E-state index in [-0.39, 0.29) is 0 Å². The van der Waals surface area contributed by atoms with Crippen molar-refractivity contribution in [3.05, 3.63) is 35.7 Å². The van der Waals surface area contributed by atoms with Crippen LogP contribution in [0, 0.1) is 0 Å². The number of aromatic nitrogens is 3. The Morgan fingerprint density at radius 2 is 2.14 bits per heavy atom. The van der Waals surface area contributed by atoms with E-state index in [4.69, 9.17) is 11.6 Å². The van der Waals surface area contributed by atoms with Crippen LogP contribution in [0.2, 0.25) is 5.02 Å². The molecule has 3 aromatic rings. The number of hydrogen-bond donors (Lipinski definition) is 1. The molecule has 0 aliphatic rings. The molecular formula is C10H6ClN3. The van der Waals surface area contributed by atoms with Crippen LogP contribution in [0.5, 0.6) is 0 Å². The van der Waals surface area contributed by atoms with Crippen LogP contribution in [-0.2, 0) is 0 Å². The van der Waals surface area contributed by atoms with Gasteiger partial charge < -0.3 is 4.98 Å². The first kappa shape index (κ1) is 7.76. The lowest BCUT2D eigenvalue weighted by molar-refractivity contribution is 1.34. The highest BCUT2D eigenvalue weighted by Gasteiger charge is 2.07. The molecule has 1 N–H and O–H groups in total. The third kappa shape index (κ3) is 0.930. The van der Waals surface area contributed by atoms with Gasteiger partial charge in [0.2, 0.25) is 0 Å². The topological polar surface area (TPSA) is 41.6 Å². The van der Waals surface area contributed by atoms with Crippen LogP contribution in [0.4, 0.5) is 0 Å². The first-order chi connectivity index (χ1) is 6.86. The van der Waals surface area contributed by atoms with E-state index in [0.717, 1.165) is 21.9 Å². The Bertz CT molecular complexity index is 615. The van der Waals surface area contributed by atoms with E-state index < -0.39 is 0 Å². The fourth-order valence-corrected chi connectivity index (χ4v) is 1.86. The maximum Gasteiger partial charge on any atom is 0.109 e. The highest BCUT2D eigenvalue weighted by molar-refractivity contribution is 6.36. The molecule has 0 aliphatic heterocycles. The summed E-state index contributed by atoms with van der Waals surface area (Å²) in [5, 5.41) is 1.68. The van der Waals surface area contributed by atoms with Crippen LogP contribution in [0.3, 0.4) is 0 Å². The van der Waals surface area contributed by atoms with Crippen molar-refractivity contribution in [1.82, 2.24) is 15.0 Å². The smallest absolute Gasteiger partial charge is 0.109 e. The van der Waals surface area contributed by atoms with Gasteiger partial charge in [0.1, 0.15) is 5.52 Å². The van der Waals surface area contributed by atoms with Crippen molar-refractivity contribution in [3.63, 3.8) is 0 Å². The molecule has 14 heavy (non-hydrogen) atoms. The average Bonchev–Trinajstić information content (AvgIpc) is 2.67. The first-order valence-corrected chi connectivity index (χ1v) is 4.60. The van der Waals surface area contributed by atoms with Crippen molar-refractivity contribution in [2.45, 2.75) is 0 Å². The van der Waals surface area contributed by atoms with Gasteiger partial charge in [-0.3, -0.25) is 4.98 Å². The quantitative estimate of drug-likeness (QED) is 0.611. The van der Waals surface area contributed by atoms with Gasteiger partial charge in [-0.05, 0) is 12.1 Å². The zero-order chi connectivity index (χ0) is 9.54. The minimum atomic E-state index is 0.654. The molecule has 0 unspecified atom stereocenters. The Kier molecular flexibility index (Phi) is 1.49. The van der Waals surface area contributed by atoms with E-state index >= 15 is 0 Å². The van der Waals surface area contributed by atoms with Crippen LogP contribution in [0.1, 0.15) is 0 Å². The molecule has 3 nitrogen and oxygen atoms in total. The van der Waals surface area contributed by atoms with E-state index in [9.17, 15) is 0 Å². The van der Waals surface area contributed by atoms with Crippen LogP contribution < -0.4 is 0 Å². The van der Waals surface area contributed by atoms with Crippen LogP contribution in [0.25, 0.3) is 21.9 Å². The van der Waals surface area contributed by atoms with Gasteiger partial charge in [0.15, 0.2) is 0 Å².